The number of hydrogen-bond donors (Lipinski definition) is 0. The summed E-state index contributed by atoms with van der Waals surface area (Å²) in [7, 11) is 1.30. The Morgan fingerprint density at radius 2 is 1.83 bits per heavy atom. The number of ether oxygens (including phenoxy) is 1. The van der Waals surface area contributed by atoms with Crippen LogP contribution in [0, 0.1) is 0 Å². The summed E-state index contributed by atoms with van der Waals surface area (Å²) < 4.78 is 65.9. The molecule has 0 aromatic heterocycles. The Balaban J connectivity index is 2.88. The molecule has 0 amide bonds. The first-order chi connectivity index (χ1) is 8.18. The van der Waals surface area contributed by atoms with Gasteiger partial charge in [-0.15, -0.1) is 0 Å². The molecule has 8 heteroatoms. The summed E-state index contributed by atoms with van der Waals surface area (Å²) in [6.07, 6.45) is -5.89. The zero-order valence-corrected chi connectivity index (χ0v) is 9.74. The second-order valence-corrected chi connectivity index (χ2v) is 4.19. The van der Waals surface area contributed by atoms with Crippen molar-refractivity contribution in [3.8, 4) is 5.75 Å². The van der Waals surface area contributed by atoms with Gasteiger partial charge in [-0.25, -0.2) is 0 Å². The highest BCUT2D eigenvalue weighted by Crippen LogP contribution is 2.40. The van der Waals surface area contributed by atoms with Gasteiger partial charge < -0.3 is 4.74 Å². The van der Waals surface area contributed by atoms with E-state index in [-0.39, 0.29) is 22.4 Å². The zero-order valence-electron chi connectivity index (χ0n) is 8.92. The maximum Gasteiger partial charge on any atom is 0.462 e. The molecule has 0 bridgehead atoms. The van der Waals surface area contributed by atoms with Crippen LogP contribution < -0.4 is 4.74 Å². The molecule has 0 saturated heterocycles. The van der Waals surface area contributed by atoms with E-state index in [4.69, 9.17) is 4.74 Å². The number of hydrogen-bond acceptors (Lipinski definition) is 3. The van der Waals surface area contributed by atoms with E-state index in [1.165, 1.54) is 31.4 Å². The van der Waals surface area contributed by atoms with Crippen LogP contribution in [0.5, 0.6) is 5.75 Å². The number of thioether (sulfide) groups is 1. The Morgan fingerprint density at radius 3 is 2.33 bits per heavy atom. The molecule has 0 atom stereocenters. The van der Waals surface area contributed by atoms with Crippen LogP contribution in [0.4, 0.5) is 22.0 Å². The largest absolute Gasteiger partial charge is 0.497 e. The first-order valence-electron chi connectivity index (χ1n) is 4.49. The van der Waals surface area contributed by atoms with Crippen LogP contribution in [0.3, 0.4) is 0 Å². The normalized spacial score (nSPS) is 12.3. The zero-order chi connectivity index (χ0) is 14.0. The maximum atomic E-state index is 12.7. The van der Waals surface area contributed by atoms with Crippen molar-refractivity contribution in [3.63, 3.8) is 0 Å². The predicted octanol–water partition coefficient (Wildman–Crippen LogP) is 3.51. The number of carbonyl (C=O) groups excluding carboxylic acids is 1. The van der Waals surface area contributed by atoms with Crippen LogP contribution >= 0.6 is 11.8 Å². The highest BCUT2D eigenvalue weighted by atomic mass is 32.2. The third-order valence-electron chi connectivity index (χ3n) is 1.86. The fourth-order valence-electron chi connectivity index (χ4n) is 0.952. The molecule has 100 valence electrons. The van der Waals surface area contributed by atoms with E-state index in [1.54, 1.807) is 0 Å². The first-order valence-corrected chi connectivity index (χ1v) is 5.31. The molecule has 0 spiro atoms. The van der Waals surface area contributed by atoms with E-state index in [2.05, 4.69) is 0 Å². The minimum absolute atomic E-state index is 0.0525. The van der Waals surface area contributed by atoms with E-state index in [0.29, 0.717) is 0 Å². The highest BCUT2D eigenvalue weighted by Gasteiger charge is 2.63. The van der Waals surface area contributed by atoms with Gasteiger partial charge in [0.15, 0.2) is 0 Å². The maximum absolute atomic E-state index is 12.7. The lowest BCUT2D eigenvalue weighted by atomic mass is 10.3. The molecule has 0 aliphatic carbocycles. The Bertz CT molecular complexity index is 444. The van der Waals surface area contributed by atoms with E-state index in [1.807, 2.05) is 0 Å². The number of halogens is 5. The van der Waals surface area contributed by atoms with E-state index in [0.717, 1.165) is 0 Å². The summed E-state index contributed by atoms with van der Waals surface area (Å²) >= 11 is -0.182. The summed E-state index contributed by atoms with van der Waals surface area (Å²) in [4.78, 5) is 10.9. The lowest BCUT2D eigenvalue weighted by Crippen LogP contribution is -2.42. The van der Waals surface area contributed by atoms with Crippen molar-refractivity contribution >= 4 is 16.9 Å². The predicted molar refractivity (Wildman–Crippen MR) is 54.9 cm³/mol. The van der Waals surface area contributed by atoms with Gasteiger partial charge >= 0.3 is 12.1 Å². The molecule has 0 N–H and O–H groups in total. The molecule has 0 fully saturated rings. The molecule has 2 nitrogen and oxygen atoms in total. The minimum Gasteiger partial charge on any atom is -0.497 e. The van der Waals surface area contributed by atoms with Crippen LogP contribution in [0.2, 0.25) is 0 Å². The molecule has 1 aromatic rings. The summed E-state index contributed by atoms with van der Waals surface area (Å²) in [5.74, 6) is -5.12. The molecule has 0 saturated carbocycles. The molecule has 0 aliphatic rings. The molecular formula is C10H7F5O2S. The van der Waals surface area contributed by atoms with Crippen molar-refractivity contribution in [2.75, 3.05) is 7.11 Å². The SMILES string of the molecule is COc1cccc(SC(=O)C(F)(F)C(F)(F)F)c1. The minimum atomic E-state index is -5.89. The van der Waals surface area contributed by atoms with Crippen LogP contribution in [0.1, 0.15) is 0 Å². The molecule has 1 aromatic carbocycles. The molecule has 0 aliphatic heterocycles. The van der Waals surface area contributed by atoms with E-state index in [9.17, 15) is 26.7 Å². The fraction of sp³-hybridized carbons (Fsp3) is 0.300. The second-order valence-electron chi connectivity index (χ2n) is 3.14. The topological polar surface area (TPSA) is 26.3 Å². The van der Waals surface area contributed by atoms with Gasteiger partial charge in [0.2, 0.25) is 0 Å². The summed E-state index contributed by atoms with van der Waals surface area (Å²) in [5, 5.41) is -2.27. The van der Waals surface area contributed by atoms with Crippen LogP contribution in [-0.2, 0) is 4.79 Å². The quantitative estimate of drug-likeness (QED) is 0.628. The Hall–Kier alpha value is -1.31. The lowest BCUT2D eigenvalue weighted by Gasteiger charge is -2.17. The molecule has 0 radical (unpaired) electrons. The van der Waals surface area contributed by atoms with Gasteiger partial charge in [-0.3, -0.25) is 4.79 Å². The number of benzene rings is 1. The third-order valence-corrected chi connectivity index (χ3v) is 2.80. The summed E-state index contributed by atoms with van der Waals surface area (Å²) in [5.41, 5.74) is 0. The first kappa shape index (κ1) is 14.7. The van der Waals surface area contributed by atoms with Gasteiger partial charge in [0.1, 0.15) is 5.75 Å². The van der Waals surface area contributed by atoms with Gasteiger partial charge in [0.05, 0.1) is 7.11 Å². The van der Waals surface area contributed by atoms with Crippen molar-refractivity contribution in [1.82, 2.24) is 0 Å². The average molecular weight is 286 g/mol. The Kier molecular flexibility index (Phi) is 4.20. The van der Waals surface area contributed by atoms with Gasteiger partial charge in [0.25, 0.3) is 5.12 Å². The van der Waals surface area contributed by atoms with E-state index >= 15 is 0 Å². The Morgan fingerprint density at radius 1 is 1.22 bits per heavy atom. The molecule has 18 heavy (non-hydrogen) atoms. The number of carbonyl (C=O) groups is 1. The van der Waals surface area contributed by atoms with Crippen molar-refractivity contribution in [1.29, 1.82) is 0 Å². The number of rotatable bonds is 3. The van der Waals surface area contributed by atoms with Crippen molar-refractivity contribution in [2.24, 2.45) is 0 Å². The van der Waals surface area contributed by atoms with Gasteiger partial charge in [0, 0.05) is 4.90 Å². The molecular weight excluding hydrogens is 279 g/mol. The number of methoxy groups -OCH3 is 1. The summed E-state index contributed by atoms with van der Waals surface area (Å²) in [6.45, 7) is 0. The van der Waals surface area contributed by atoms with Crippen molar-refractivity contribution in [3.05, 3.63) is 24.3 Å². The van der Waals surface area contributed by atoms with E-state index < -0.39 is 17.2 Å². The highest BCUT2D eigenvalue weighted by molar-refractivity contribution is 8.13. The second kappa shape index (κ2) is 5.13. The van der Waals surface area contributed by atoms with Gasteiger partial charge in [-0.1, -0.05) is 6.07 Å². The van der Waals surface area contributed by atoms with Crippen molar-refractivity contribution in [2.45, 2.75) is 17.0 Å². The summed E-state index contributed by atoms with van der Waals surface area (Å²) in [6, 6.07) is 5.27. The standard InChI is InChI=1S/C10H7F5O2S/c1-17-6-3-2-4-7(5-6)18-8(16)9(11,12)10(13,14)15/h2-5H,1H3. The molecule has 0 heterocycles. The van der Waals surface area contributed by atoms with Gasteiger partial charge in [-0.05, 0) is 30.0 Å². The van der Waals surface area contributed by atoms with Crippen molar-refractivity contribution < 1.29 is 31.5 Å². The smallest absolute Gasteiger partial charge is 0.462 e. The third kappa shape index (κ3) is 3.12. The molecule has 0 unspecified atom stereocenters. The average Bonchev–Trinajstić information content (AvgIpc) is 2.27. The van der Waals surface area contributed by atoms with Gasteiger partial charge in [-0.2, -0.15) is 22.0 Å². The van der Waals surface area contributed by atoms with Crippen LogP contribution in [0.25, 0.3) is 0 Å². The van der Waals surface area contributed by atoms with Crippen LogP contribution in [0.15, 0.2) is 29.2 Å². The Labute approximate surface area is 103 Å². The monoisotopic (exact) mass is 286 g/mol. The molecule has 1 rings (SSSR count). The lowest BCUT2D eigenvalue weighted by molar-refractivity contribution is -0.264. The fourth-order valence-corrected chi connectivity index (χ4v) is 1.73. The number of alkyl halides is 5. The van der Waals surface area contributed by atoms with Crippen LogP contribution in [-0.4, -0.2) is 24.3 Å².